The summed E-state index contributed by atoms with van der Waals surface area (Å²) in [5.41, 5.74) is 3.26. The van der Waals surface area contributed by atoms with Gasteiger partial charge in [0.25, 0.3) is 11.6 Å². The van der Waals surface area contributed by atoms with Crippen molar-refractivity contribution in [2.45, 2.75) is 19.9 Å². The van der Waals surface area contributed by atoms with Gasteiger partial charge in [-0.1, -0.05) is 36.4 Å². The van der Waals surface area contributed by atoms with E-state index in [9.17, 15) is 14.9 Å². The molecular formula is C20H17N3O3. The first kappa shape index (κ1) is 16.2. The van der Waals surface area contributed by atoms with Crippen LogP contribution in [0, 0.1) is 17.0 Å². The monoisotopic (exact) mass is 347 g/mol. The Morgan fingerprint density at radius 2 is 1.88 bits per heavy atom. The van der Waals surface area contributed by atoms with Crippen LogP contribution in [0.3, 0.4) is 0 Å². The van der Waals surface area contributed by atoms with Crippen LogP contribution < -0.4 is 0 Å². The van der Waals surface area contributed by atoms with Crippen molar-refractivity contribution in [3.05, 3.63) is 81.2 Å². The lowest BCUT2D eigenvalue weighted by atomic mass is 9.99. The molecule has 0 N–H and O–H groups in total. The molecule has 26 heavy (non-hydrogen) atoms. The molecule has 0 aliphatic carbocycles. The minimum Gasteiger partial charge on any atom is -0.333 e. The molecule has 6 nitrogen and oxygen atoms in total. The van der Waals surface area contributed by atoms with Gasteiger partial charge in [0.15, 0.2) is 0 Å². The fourth-order valence-electron chi connectivity index (χ4n) is 3.58. The summed E-state index contributed by atoms with van der Waals surface area (Å²) in [4.78, 5) is 30.1. The van der Waals surface area contributed by atoms with Crippen LogP contribution in [0.25, 0.3) is 10.8 Å². The number of nitro groups is 1. The van der Waals surface area contributed by atoms with Crippen LogP contribution in [0.1, 0.15) is 27.2 Å². The number of aryl methyl sites for hydroxylation is 1. The van der Waals surface area contributed by atoms with E-state index < -0.39 is 4.92 Å². The Morgan fingerprint density at radius 3 is 2.65 bits per heavy atom. The molecular weight excluding hydrogens is 330 g/mol. The molecule has 2 aromatic carbocycles. The van der Waals surface area contributed by atoms with Gasteiger partial charge in [-0.2, -0.15) is 0 Å². The van der Waals surface area contributed by atoms with Crippen molar-refractivity contribution < 1.29 is 9.72 Å². The quantitative estimate of drug-likeness (QED) is 0.524. The molecule has 1 aliphatic heterocycles. The van der Waals surface area contributed by atoms with Crippen molar-refractivity contribution in [2.24, 2.45) is 0 Å². The van der Waals surface area contributed by atoms with E-state index in [0.717, 1.165) is 12.0 Å². The van der Waals surface area contributed by atoms with Gasteiger partial charge in [-0.05, 0) is 30.5 Å². The van der Waals surface area contributed by atoms with Gasteiger partial charge >= 0.3 is 0 Å². The number of rotatable bonds is 2. The third-order valence-corrected chi connectivity index (χ3v) is 4.92. The van der Waals surface area contributed by atoms with Crippen molar-refractivity contribution in [1.82, 2.24) is 9.88 Å². The molecule has 0 unspecified atom stereocenters. The molecule has 6 heteroatoms. The number of fused-ring (bicyclic) bond motifs is 2. The molecule has 0 radical (unpaired) electrons. The van der Waals surface area contributed by atoms with Crippen LogP contribution in [-0.4, -0.2) is 27.3 Å². The number of hydrogen-bond acceptors (Lipinski definition) is 4. The number of nitro benzene ring substituents is 1. The molecule has 0 bridgehead atoms. The first-order chi connectivity index (χ1) is 12.6. The minimum absolute atomic E-state index is 0.0305. The largest absolute Gasteiger partial charge is 0.333 e. The summed E-state index contributed by atoms with van der Waals surface area (Å²) in [6.45, 7) is 2.84. The molecule has 4 rings (SSSR count). The number of carbonyl (C=O) groups excluding carboxylic acids is 1. The van der Waals surface area contributed by atoms with E-state index in [0.29, 0.717) is 29.4 Å². The molecule has 1 aromatic heterocycles. The average Bonchev–Trinajstić information content (AvgIpc) is 2.66. The number of carbonyl (C=O) groups is 1. The number of nitrogens with zero attached hydrogens (tertiary/aromatic N) is 3. The zero-order chi connectivity index (χ0) is 18.3. The second-order valence-corrected chi connectivity index (χ2v) is 6.49. The number of benzene rings is 2. The third-order valence-electron chi connectivity index (χ3n) is 4.92. The van der Waals surface area contributed by atoms with Crippen molar-refractivity contribution in [2.75, 3.05) is 6.54 Å². The van der Waals surface area contributed by atoms with E-state index in [1.807, 2.05) is 18.2 Å². The van der Waals surface area contributed by atoms with Gasteiger partial charge in [-0.25, -0.2) is 0 Å². The van der Waals surface area contributed by atoms with Crippen LogP contribution >= 0.6 is 0 Å². The number of hydrogen-bond donors (Lipinski definition) is 0. The highest BCUT2D eigenvalue weighted by Crippen LogP contribution is 2.31. The van der Waals surface area contributed by atoms with Crippen LogP contribution in [-0.2, 0) is 13.0 Å². The summed E-state index contributed by atoms with van der Waals surface area (Å²) in [6.07, 6.45) is 2.27. The van der Waals surface area contributed by atoms with Crippen molar-refractivity contribution in [3.8, 4) is 0 Å². The van der Waals surface area contributed by atoms with Gasteiger partial charge in [-0.3, -0.25) is 19.9 Å². The average molecular weight is 347 g/mol. The predicted molar refractivity (Wildman–Crippen MR) is 98.0 cm³/mol. The summed E-state index contributed by atoms with van der Waals surface area (Å²) in [5.74, 6) is -0.191. The highest BCUT2D eigenvalue weighted by atomic mass is 16.6. The summed E-state index contributed by atoms with van der Waals surface area (Å²) >= 11 is 0. The van der Waals surface area contributed by atoms with Crippen LogP contribution in [0.4, 0.5) is 5.69 Å². The highest BCUT2D eigenvalue weighted by molar-refractivity contribution is 6.07. The Kier molecular flexibility index (Phi) is 3.88. The van der Waals surface area contributed by atoms with E-state index in [2.05, 4.69) is 11.1 Å². The normalized spacial score (nSPS) is 13.5. The van der Waals surface area contributed by atoms with Crippen LogP contribution in [0.2, 0.25) is 0 Å². The van der Waals surface area contributed by atoms with Crippen LogP contribution in [0.5, 0.6) is 0 Å². The smallest absolute Gasteiger partial charge is 0.280 e. The van der Waals surface area contributed by atoms with Gasteiger partial charge in [0.05, 0.1) is 10.3 Å². The van der Waals surface area contributed by atoms with Crippen molar-refractivity contribution in [1.29, 1.82) is 0 Å². The Labute approximate surface area is 150 Å². The summed E-state index contributed by atoms with van der Waals surface area (Å²) in [5, 5.41) is 12.4. The molecule has 2 heterocycles. The molecule has 0 spiro atoms. The Hall–Kier alpha value is -3.28. The van der Waals surface area contributed by atoms with Gasteiger partial charge < -0.3 is 4.90 Å². The summed E-state index contributed by atoms with van der Waals surface area (Å²) < 4.78 is 0. The number of pyridine rings is 1. The van der Waals surface area contributed by atoms with E-state index in [1.165, 1.54) is 11.8 Å². The maximum absolute atomic E-state index is 13.1. The van der Waals surface area contributed by atoms with Gasteiger partial charge in [0.1, 0.15) is 5.69 Å². The second-order valence-electron chi connectivity index (χ2n) is 6.49. The molecule has 3 aromatic rings. The first-order valence-electron chi connectivity index (χ1n) is 8.45. The van der Waals surface area contributed by atoms with Gasteiger partial charge in [-0.15, -0.1) is 0 Å². The third kappa shape index (κ3) is 2.60. The van der Waals surface area contributed by atoms with E-state index in [4.69, 9.17) is 0 Å². The Bertz CT molecular complexity index is 1050. The maximum atomic E-state index is 13.1. The fourth-order valence-corrected chi connectivity index (χ4v) is 3.58. The van der Waals surface area contributed by atoms with E-state index in [-0.39, 0.29) is 17.3 Å². The SMILES string of the molecule is Cc1ccc2c(C(=O)N3CCc4ccccc4C3)nccc2c1[N+](=O)[O-]. The minimum atomic E-state index is -0.400. The molecule has 1 amide bonds. The topological polar surface area (TPSA) is 76.3 Å². The zero-order valence-corrected chi connectivity index (χ0v) is 14.3. The van der Waals surface area contributed by atoms with Crippen molar-refractivity contribution >= 4 is 22.4 Å². The van der Waals surface area contributed by atoms with E-state index in [1.54, 1.807) is 30.0 Å². The Morgan fingerprint density at radius 1 is 1.12 bits per heavy atom. The van der Waals surface area contributed by atoms with Gasteiger partial charge in [0.2, 0.25) is 0 Å². The molecule has 130 valence electrons. The maximum Gasteiger partial charge on any atom is 0.280 e. The number of amides is 1. The molecule has 0 fully saturated rings. The molecule has 0 saturated heterocycles. The van der Waals surface area contributed by atoms with Gasteiger partial charge in [0, 0.05) is 30.2 Å². The summed E-state index contributed by atoms with van der Waals surface area (Å²) in [7, 11) is 0. The van der Waals surface area contributed by atoms with E-state index >= 15 is 0 Å². The predicted octanol–water partition coefficient (Wildman–Crippen LogP) is 3.65. The lowest BCUT2D eigenvalue weighted by Gasteiger charge is -2.28. The lowest BCUT2D eigenvalue weighted by molar-refractivity contribution is -0.383. The zero-order valence-electron chi connectivity index (χ0n) is 14.3. The number of aromatic nitrogens is 1. The standard InChI is InChI=1S/C20H17N3O3/c1-13-6-7-16-17(19(13)23(25)26)8-10-21-18(16)20(24)22-11-9-14-4-2-3-5-15(14)12-22/h2-8,10H,9,11-12H2,1H3. The molecule has 0 atom stereocenters. The molecule has 0 saturated carbocycles. The first-order valence-corrected chi connectivity index (χ1v) is 8.45. The van der Waals surface area contributed by atoms with Crippen molar-refractivity contribution in [3.63, 3.8) is 0 Å². The van der Waals surface area contributed by atoms with Crippen LogP contribution in [0.15, 0.2) is 48.7 Å². The lowest BCUT2D eigenvalue weighted by Crippen LogP contribution is -2.36. The Balaban J connectivity index is 1.77. The molecule has 1 aliphatic rings. The summed E-state index contributed by atoms with van der Waals surface area (Å²) in [6, 6.07) is 13.1. The second kappa shape index (κ2) is 6.22. The highest BCUT2D eigenvalue weighted by Gasteiger charge is 2.26. The fraction of sp³-hybridized carbons (Fsp3) is 0.200.